The first-order valence-electron chi connectivity index (χ1n) is 5.58. The Morgan fingerprint density at radius 3 is 2.79 bits per heavy atom. The average molecular weight is 189 g/mol. The maximum Gasteiger partial charge on any atom is 0.0322 e. The highest BCUT2D eigenvalue weighted by molar-refractivity contribution is 5.35. The first kappa shape index (κ1) is 9.72. The minimum atomic E-state index is 0.601. The molecule has 0 spiro atoms. The maximum atomic E-state index is 3.60. The molecule has 1 saturated heterocycles. The second-order valence-electron chi connectivity index (χ2n) is 4.29. The second-order valence-corrected chi connectivity index (χ2v) is 4.29. The van der Waals surface area contributed by atoms with Crippen LogP contribution in [-0.4, -0.2) is 6.54 Å². The van der Waals surface area contributed by atoms with E-state index in [0.717, 1.165) is 0 Å². The van der Waals surface area contributed by atoms with Crippen molar-refractivity contribution >= 4 is 0 Å². The van der Waals surface area contributed by atoms with Crippen molar-refractivity contribution in [3.8, 4) is 0 Å². The Morgan fingerprint density at radius 2 is 2.07 bits per heavy atom. The molecule has 1 nitrogen and oxygen atoms in total. The molecular formula is C13H19N. The summed E-state index contributed by atoms with van der Waals surface area (Å²) in [6.07, 6.45) is 4.00. The third kappa shape index (κ3) is 1.83. The summed E-state index contributed by atoms with van der Waals surface area (Å²) >= 11 is 0. The molecule has 1 aromatic rings. The van der Waals surface area contributed by atoms with Crippen LogP contribution in [0, 0.1) is 13.8 Å². The van der Waals surface area contributed by atoms with E-state index in [1.165, 1.54) is 42.5 Å². The van der Waals surface area contributed by atoms with E-state index in [9.17, 15) is 0 Å². The van der Waals surface area contributed by atoms with Gasteiger partial charge in [0.05, 0.1) is 0 Å². The van der Waals surface area contributed by atoms with Crippen LogP contribution in [0.2, 0.25) is 0 Å². The second kappa shape index (κ2) is 4.14. The Bertz CT molecular complexity index is 311. The highest BCUT2D eigenvalue weighted by atomic mass is 14.9. The summed E-state index contributed by atoms with van der Waals surface area (Å²) < 4.78 is 0. The van der Waals surface area contributed by atoms with Crippen molar-refractivity contribution in [2.45, 2.75) is 39.2 Å². The lowest BCUT2D eigenvalue weighted by Crippen LogP contribution is -2.27. The van der Waals surface area contributed by atoms with E-state index in [4.69, 9.17) is 0 Å². The quantitative estimate of drug-likeness (QED) is 0.715. The molecule has 0 aliphatic carbocycles. The third-order valence-electron chi connectivity index (χ3n) is 3.33. The Hall–Kier alpha value is -0.820. The van der Waals surface area contributed by atoms with Gasteiger partial charge in [-0.1, -0.05) is 24.6 Å². The van der Waals surface area contributed by atoms with Gasteiger partial charge < -0.3 is 5.32 Å². The smallest absolute Gasteiger partial charge is 0.0322 e. The van der Waals surface area contributed by atoms with E-state index >= 15 is 0 Å². The van der Waals surface area contributed by atoms with Crippen molar-refractivity contribution in [1.82, 2.24) is 5.32 Å². The normalized spacial score (nSPS) is 22.3. The van der Waals surface area contributed by atoms with Crippen LogP contribution >= 0.6 is 0 Å². The Morgan fingerprint density at radius 1 is 1.21 bits per heavy atom. The molecule has 14 heavy (non-hydrogen) atoms. The van der Waals surface area contributed by atoms with Crippen LogP contribution in [0.3, 0.4) is 0 Å². The summed E-state index contributed by atoms with van der Waals surface area (Å²) in [6, 6.07) is 7.24. The lowest BCUT2D eigenvalue weighted by atomic mass is 9.92. The Labute approximate surface area is 86.5 Å². The molecule has 0 amide bonds. The summed E-state index contributed by atoms with van der Waals surface area (Å²) in [4.78, 5) is 0. The fourth-order valence-corrected chi connectivity index (χ4v) is 2.27. The van der Waals surface area contributed by atoms with Gasteiger partial charge in [-0.05, 0) is 49.9 Å². The van der Waals surface area contributed by atoms with Gasteiger partial charge in [0.1, 0.15) is 0 Å². The first-order chi connectivity index (χ1) is 6.79. The monoisotopic (exact) mass is 189 g/mol. The van der Waals surface area contributed by atoms with Crippen LogP contribution in [0.5, 0.6) is 0 Å². The number of hydrogen-bond donors (Lipinski definition) is 1. The van der Waals surface area contributed by atoms with Crippen LogP contribution in [0.4, 0.5) is 0 Å². The van der Waals surface area contributed by atoms with Crippen LogP contribution in [-0.2, 0) is 0 Å². The SMILES string of the molecule is Cc1cccc([C@H]2CCCCN2)c1C. The largest absolute Gasteiger partial charge is 0.310 e. The summed E-state index contributed by atoms with van der Waals surface area (Å²) in [7, 11) is 0. The van der Waals surface area contributed by atoms with E-state index in [1.807, 2.05) is 0 Å². The van der Waals surface area contributed by atoms with Crippen molar-refractivity contribution in [3.05, 3.63) is 34.9 Å². The summed E-state index contributed by atoms with van der Waals surface area (Å²) in [5, 5.41) is 3.60. The Kier molecular flexibility index (Phi) is 2.87. The molecule has 0 aromatic heterocycles. The first-order valence-corrected chi connectivity index (χ1v) is 5.58. The molecule has 2 rings (SSSR count). The predicted octanol–water partition coefficient (Wildman–Crippen LogP) is 3.12. The molecule has 1 aromatic carbocycles. The van der Waals surface area contributed by atoms with Crippen LogP contribution in [0.25, 0.3) is 0 Å². The molecule has 1 heterocycles. The van der Waals surface area contributed by atoms with E-state index in [2.05, 4.69) is 37.4 Å². The van der Waals surface area contributed by atoms with E-state index in [0.29, 0.717) is 6.04 Å². The molecule has 1 fully saturated rings. The highest BCUT2D eigenvalue weighted by Crippen LogP contribution is 2.26. The van der Waals surface area contributed by atoms with Gasteiger partial charge in [0.2, 0.25) is 0 Å². The van der Waals surface area contributed by atoms with Crippen LogP contribution in [0.1, 0.15) is 42.0 Å². The molecule has 0 unspecified atom stereocenters. The topological polar surface area (TPSA) is 12.0 Å². The predicted molar refractivity (Wildman–Crippen MR) is 60.5 cm³/mol. The average Bonchev–Trinajstić information content (AvgIpc) is 2.23. The van der Waals surface area contributed by atoms with Gasteiger partial charge in [-0.2, -0.15) is 0 Å². The van der Waals surface area contributed by atoms with E-state index < -0.39 is 0 Å². The van der Waals surface area contributed by atoms with Gasteiger partial charge in [0.25, 0.3) is 0 Å². The number of piperidine rings is 1. The van der Waals surface area contributed by atoms with Crippen molar-refractivity contribution in [1.29, 1.82) is 0 Å². The number of nitrogens with one attached hydrogen (secondary N) is 1. The highest BCUT2D eigenvalue weighted by Gasteiger charge is 2.16. The van der Waals surface area contributed by atoms with Gasteiger partial charge >= 0.3 is 0 Å². The zero-order valence-corrected chi connectivity index (χ0v) is 9.14. The molecule has 1 heteroatoms. The zero-order chi connectivity index (χ0) is 9.97. The fourth-order valence-electron chi connectivity index (χ4n) is 2.27. The maximum absolute atomic E-state index is 3.60. The van der Waals surface area contributed by atoms with E-state index in [1.54, 1.807) is 0 Å². The van der Waals surface area contributed by atoms with E-state index in [-0.39, 0.29) is 0 Å². The molecule has 1 atom stereocenters. The zero-order valence-electron chi connectivity index (χ0n) is 9.14. The van der Waals surface area contributed by atoms with Gasteiger partial charge in [0, 0.05) is 6.04 Å². The standard InChI is InChI=1S/C13H19N/c1-10-6-5-7-12(11(10)2)13-8-3-4-9-14-13/h5-7,13-14H,3-4,8-9H2,1-2H3/t13-/m1/s1. The third-order valence-corrected chi connectivity index (χ3v) is 3.33. The minimum absolute atomic E-state index is 0.601. The van der Waals surface area contributed by atoms with Gasteiger partial charge in [-0.15, -0.1) is 0 Å². The lowest BCUT2D eigenvalue weighted by Gasteiger charge is -2.25. The minimum Gasteiger partial charge on any atom is -0.310 e. The summed E-state index contributed by atoms with van der Waals surface area (Å²) in [5.74, 6) is 0. The van der Waals surface area contributed by atoms with Crippen molar-refractivity contribution in [2.24, 2.45) is 0 Å². The number of aryl methyl sites for hydroxylation is 1. The molecule has 1 N–H and O–H groups in total. The number of benzene rings is 1. The van der Waals surface area contributed by atoms with Crippen molar-refractivity contribution in [3.63, 3.8) is 0 Å². The van der Waals surface area contributed by atoms with Crippen LogP contribution < -0.4 is 5.32 Å². The summed E-state index contributed by atoms with van der Waals surface area (Å²) in [5.41, 5.74) is 4.38. The number of rotatable bonds is 1. The lowest BCUT2D eigenvalue weighted by molar-refractivity contribution is 0.411. The van der Waals surface area contributed by atoms with Crippen molar-refractivity contribution in [2.75, 3.05) is 6.54 Å². The molecular weight excluding hydrogens is 170 g/mol. The summed E-state index contributed by atoms with van der Waals surface area (Å²) in [6.45, 7) is 5.61. The van der Waals surface area contributed by atoms with Crippen molar-refractivity contribution < 1.29 is 0 Å². The molecule has 1 aliphatic heterocycles. The van der Waals surface area contributed by atoms with Gasteiger partial charge in [0.15, 0.2) is 0 Å². The van der Waals surface area contributed by atoms with Gasteiger partial charge in [-0.25, -0.2) is 0 Å². The Balaban J connectivity index is 2.26. The van der Waals surface area contributed by atoms with Crippen LogP contribution in [0.15, 0.2) is 18.2 Å². The molecule has 76 valence electrons. The molecule has 1 aliphatic rings. The number of hydrogen-bond acceptors (Lipinski definition) is 1. The fraction of sp³-hybridized carbons (Fsp3) is 0.538. The molecule has 0 radical (unpaired) electrons. The molecule has 0 saturated carbocycles. The molecule has 0 bridgehead atoms. The van der Waals surface area contributed by atoms with Gasteiger partial charge in [-0.3, -0.25) is 0 Å².